The highest BCUT2D eigenvalue weighted by Gasteiger charge is 2.32. The lowest BCUT2D eigenvalue weighted by Crippen LogP contribution is -2.45. The Bertz CT molecular complexity index is 642. The van der Waals surface area contributed by atoms with E-state index in [9.17, 15) is 8.42 Å². The molecule has 0 amide bonds. The van der Waals surface area contributed by atoms with E-state index in [0.717, 1.165) is 25.3 Å². The highest BCUT2D eigenvalue weighted by atomic mass is 35.5. The molecule has 0 unspecified atom stereocenters. The second kappa shape index (κ2) is 7.89. The van der Waals surface area contributed by atoms with E-state index in [1.807, 2.05) is 0 Å². The summed E-state index contributed by atoms with van der Waals surface area (Å²) in [5.41, 5.74) is 0. The van der Waals surface area contributed by atoms with E-state index in [4.69, 9.17) is 23.2 Å². The van der Waals surface area contributed by atoms with Gasteiger partial charge in [-0.1, -0.05) is 29.3 Å². The zero-order valence-corrected chi connectivity index (χ0v) is 15.8. The average Bonchev–Trinajstić information content (AvgIpc) is 3.32. The van der Waals surface area contributed by atoms with Crippen molar-refractivity contribution in [3.05, 3.63) is 28.2 Å². The lowest BCUT2D eigenvalue weighted by Gasteiger charge is -2.32. The third-order valence-corrected chi connectivity index (χ3v) is 7.25. The topological polar surface area (TPSA) is 49.4 Å². The van der Waals surface area contributed by atoms with E-state index in [-0.39, 0.29) is 27.3 Å². The van der Waals surface area contributed by atoms with Crippen molar-refractivity contribution in [3.63, 3.8) is 0 Å². The normalized spacial score (nSPS) is 20.3. The van der Waals surface area contributed by atoms with E-state index >= 15 is 0 Å². The van der Waals surface area contributed by atoms with Crippen molar-refractivity contribution < 1.29 is 8.42 Å². The van der Waals surface area contributed by atoms with Crippen LogP contribution in [0.15, 0.2) is 23.1 Å². The van der Waals surface area contributed by atoms with Crippen molar-refractivity contribution in [1.29, 1.82) is 0 Å². The van der Waals surface area contributed by atoms with Crippen LogP contribution in [0.25, 0.3) is 0 Å². The standard InChI is InChI=1S/C15H20Cl2N2O2S.ClH/c16-13-2-1-3-14(15(13)17)22(20,21)19-8-6-12(7-9-19)18-10-11-4-5-11;/h1-3,11-12,18H,4-10H2;1H. The maximum Gasteiger partial charge on any atom is 0.244 e. The fraction of sp³-hybridized carbons (Fsp3) is 0.600. The van der Waals surface area contributed by atoms with E-state index in [2.05, 4.69) is 5.32 Å². The molecule has 1 aliphatic carbocycles. The van der Waals surface area contributed by atoms with Crippen LogP contribution in [-0.2, 0) is 10.0 Å². The fourth-order valence-electron chi connectivity index (χ4n) is 2.78. The minimum Gasteiger partial charge on any atom is -0.314 e. The second-order valence-electron chi connectivity index (χ2n) is 6.08. The number of piperidine rings is 1. The Kier molecular flexibility index (Phi) is 6.62. The van der Waals surface area contributed by atoms with Crippen LogP contribution < -0.4 is 5.32 Å². The first-order chi connectivity index (χ1) is 10.5. The van der Waals surface area contributed by atoms with Gasteiger partial charge in [-0.2, -0.15) is 4.31 Å². The molecule has 1 N–H and O–H groups in total. The molecule has 1 saturated heterocycles. The molecule has 1 heterocycles. The summed E-state index contributed by atoms with van der Waals surface area (Å²) in [4.78, 5) is 0.103. The van der Waals surface area contributed by atoms with Crippen molar-refractivity contribution in [3.8, 4) is 0 Å². The smallest absolute Gasteiger partial charge is 0.244 e. The van der Waals surface area contributed by atoms with Crippen LogP contribution >= 0.6 is 35.6 Å². The van der Waals surface area contributed by atoms with Gasteiger partial charge in [0, 0.05) is 19.1 Å². The quantitative estimate of drug-likeness (QED) is 0.823. The summed E-state index contributed by atoms with van der Waals surface area (Å²) >= 11 is 12.0. The molecule has 1 aromatic carbocycles. The predicted octanol–water partition coefficient (Wildman–Crippen LogP) is 3.57. The summed E-state index contributed by atoms with van der Waals surface area (Å²) in [5.74, 6) is 0.840. The molecule has 1 saturated carbocycles. The monoisotopic (exact) mass is 398 g/mol. The average molecular weight is 400 g/mol. The number of nitrogens with one attached hydrogen (secondary N) is 1. The molecule has 1 aromatic rings. The van der Waals surface area contributed by atoms with E-state index in [0.29, 0.717) is 19.1 Å². The minimum absolute atomic E-state index is 0. The van der Waals surface area contributed by atoms with Gasteiger partial charge in [-0.25, -0.2) is 8.42 Å². The molecular formula is C15H21Cl3N2O2S. The Hall–Kier alpha value is -0.0400. The molecule has 0 spiro atoms. The van der Waals surface area contributed by atoms with Crippen LogP contribution in [0, 0.1) is 5.92 Å². The van der Waals surface area contributed by atoms with Gasteiger partial charge in [0.15, 0.2) is 0 Å². The van der Waals surface area contributed by atoms with E-state index in [1.54, 1.807) is 12.1 Å². The molecule has 23 heavy (non-hydrogen) atoms. The first-order valence-electron chi connectivity index (χ1n) is 7.66. The van der Waals surface area contributed by atoms with Gasteiger partial charge in [-0.15, -0.1) is 12.4 Å². The van der Waals surface area contributed by atoms with E-state index in [1.165, 1.54) is 23.2 Å². The van der Waals surface area contributed by atoms with Gasteiger partial charge < -0.3 is 5.32 Å². The van der Waals surface area contributed by atoms with Crippen LogP contribution in [0.3, 0.4) is 0 Å². The third kappa shape index (κ3) is 4.53. The Morgan fingerprint density at radius 2 is 1.78 bits per heavy atom. The van der Waals surface area contributed by atoms with Gasteiger partial charge in [0.25, 0.3) is 0 Å². The molecular weight excluding hydrogens is 379 g/mol. The summed E-state index contributed by atoms with van der Waals surface area (Å²) in [7, 11) is -3.57. The molecule has 2 fully saturated rings. The van der Waals surface area contributed by atoms with Gasteiger partial charge in [0.05, 0.1) is 10.0 Å². The van der Waals surface area contributed by atoms with Gasteiger partial charge >= 0.3 is 0 Å². The predicted molar refractivity (Wildman–Crippen MR) is 96.2 cm³/mol. The third-order valence-electron chi connectivity index (χ3n) is 4.38. The Morgan fingerprint density at radius 1 is 1.13 bits per heavy atom. The lowest BCUT2D eigenvalue weighted by molar-refractivity contribution is 0.288. The maximum atomic E-state index is 12.7. The number of hydrogen-bond acceptors (Lipinski definition) is 3. The Labute approximate surface area is 154 Å². The largest absolute Gasteiger partial charge is 0.314 e. The molecule has 130 valence electrons. The zero-order chi connectivity index (χ0) is 15.7. The first-order valence-corrected chi connectivity index (χ1v) is 9.85. The number of rotatable bonds is 5. The summed E-state index contributed by atoms with van der Waals surface area (Å²) in [6.45, 7) is 2.11. The highest BCUT2D eigenvalue weighted by Crippen LogP contribution is 2.32. The number of halogens is 3. The molecule has 0 bridgehead atoms. The summed E-state index contributed by atoms with van der Waals surface area (Å²) < 4.78 is 26.9. The summed E-state index contributed by atoms with van der Waals surface area (Å²) in [6.07, 6.45) is 4.33. The van der Waals surface area contributed by atoms with E-state index < -0.39 is 10.0 Å². The van der Waals surface area contributed by atoms with Crippen molar-refractivity contribution in [2.75, 3.05) is 19.6 Å². The van der Waals surface area contributed by atoms with Crippen molar-refractivity contribution in [1.82, 2.24) is 9.62 Å². The van der Waals surface area contributed by atoms with Crippen LogP contribution in [0.4, 0.5) is 0 Å². The van der Waals surface area contributed by atoms with Gasteiger partial charge in [0.2, 0.25) is 10.0 Å². The van der Waals surface area contributed by atoms with Crippen molar-refractivity contribution in [2.45, 2.75) is 36.6 Å². The Balaban J connectivity index is 0.00000192. The number of hydrogen-bond donors (Lipinski definition) is 1. The zero-order valence-electron chi connectivity index (χ0n) is 12.7. The summed E-state index contributed by atoms with van der Waals surface area (Å²) in [6, 6.07) is 5.14. The van der Waals surface area contributed by atoms with Gasteiger partial charge in [-0.3, -0.25) is 0 Å². The molecule has 8 heteroatoms. The molecule has 1 aliphatic heterocycles. The van der Waals surface area contributed by atoms with Gasteiger partial charge in [-0.05, 0) is 50.3 Å². The van der Waals surface area contributed by atoms with Crippen LogP contribution in [0.2, 0.25) is 10.0 Å². The second-order valence-corrected chi connectivity index (χ2v) is 8.77. The first kappa shape index (κ1) is 19.3. The molecule has 0 atom stereocenters. The minimum atomic E-state index is -3.57. The molecule has 0 radical (unpaired) electrons. The highest BCUT2D eigenvalue weighted by molar-refractivity contribution is 7.89. The summed E-state index contributed by atoms with van der Waals surface area (Å²) in [5, 5.41) is 3.92. The van der Waals surface area contributed by atoms with Crippen molar-refractivity contribution >= 4 is 45.6 Å². The van der Waals surface area contributed by atoms with Crippen LogP contribution in [-0.4, -0.2) is 38.4 Å². The van der Waals surface area contributed by atoms with Crippen LogP contribution in [0.1, 0.15) is 25.7 Å². The number of sulfonamides is 1. The maximum absolute atomic E-state index is 12.7. The Morgan fingerprint density at radius 3 is 2.39 bits per heavy atom. The fourth-order valence-corrected chi connectivity index (χ4v) is 4.98. The lowest BCUT2D eigenvalue weighted by atomic mass is 10.1. The molecule has 3 rings (SSSR count). The SMILES string of the molecule is Cl.O=S(=O)(c1cccc(Cl)c1Cl)N1CCC(NCC2CC2)CC1. The van der Waals surface area contributed by atoms with Crippen molar-refractivity contribution in [2.24, 2.45) is 5.92 Å². The number of nitrogens with zero attached hydrogens (tertiary/aromatic N) is 1. The number of benzene rings is 1. The molecule has 4 nitrogen and oxygen atoms in total. The molecule has 0 aromatic heterocycles. The van der Waals surface area contributed by atoms with Crippen LogP contribution in [0.5, 0.6) is 0 Å². The van der Waals surface area contributed by atoms with Gasteiger partial charge in [0.1, 0.15) is 4.90 Å². The molecule has 2 aliphatic rings.